The first-order chi connectivity index (χ1) is 8.08. The second kappa shape index (κ2) is 5.09. The first kappa shape index (κ1) is 11.9. The molecule has 8 nitrogen and oxygen atoms in total. The van der Waals surface area contributed by atoms with Crippen molar-refractivity contribution < 1.29 is 10.0 Å². The van der Waals surface area contributed by atoms with Crippen LogP contribution in [-0.2, 0) is 0 Å². The highest BCUT2D eigenvalue weighted by Crippen LogP contribution is 2.28. The van der Waals surface area contributed by atoms with Gasteiger partial charge in [0, 0.05) is 6.07 Å². The molecule has 8 heteroatoms. The van der Waals surface area contributed by atoms with Crippen LogP contribution in [0.15, 0.2) is 23.3 Å². The van der Waals surface area contributed by atoms with Gasteiger partial charge in [0.15, 0.2) is 5.75 Å². The summed E-state index contributed by atoms with van der Waals surface area (Å²) in [5, 5.41) is 39.9. The molecule has 1 aromatic carbocycles. The average Bonchev–Trinajstić information content (AvgIpc) is 2.32. The molecule has 0 fully saturated rings. The molecule has 0 spiro atoms. The molecule has 2 N–H and O–H groups in total. The molecule has 0 unspecified atom stereocenters. The molecule has 0 bridgehead atoms. The SMILES string of the molecule is N#CC(C#N)=NNc1ccc(O)c([N+](=O)[O-])c1. The first-order valence-corrected chi connectivity index (χ1v) is 4.19. The van der Waals surface area contributed by atoms with Gasteiger partial charge in [0.1, 0.15) is 12.1 Å². The number of anilines is 1. The van der Waals surface area contributed by atoms with E-state index in [4.69, 9.17) is 15.6 Å². The number of benzene rings is 1. The lowest BCUT2D eigenvalue weighted by Gasteiger charge is -2.00. The first-order valence-electron chi connectivity index (χ1n) is 4.19. The Labute approximate surface area is 95.2 Å². The number of nitrogens with zero attached hydrogens (tertiary/aromatic N) is 4. The van der Waals surface area contributed by atoms with Crippen molar-refractivity contribution in [1.82, 2.24) is 0 Å². The molecule has 0 radical (unpaired) electrons. The van der Waals surface area contributed by atoms with Crippen LogP contribution in [0.2, 0.25) is 0 Å². The fraction of sp³-hybridized carbons (Fsp3) is 0. The van der Waals surface area contributed by atoms with Crippen molar-refractivity contribution in [2.24, 2.45) is 5.10 Å². The minimum Gasteiger partial charge on any atom is -0.502 e. The highest BCUT2D eigenvalue weighted by Gasteiger charge is 2.13. The molecule has 0 aromatic heterocycles. The molecule has 0 heterocycles. The van der Waals surface area contributed by atoms with Gasteiger partial charge in [-0.3, -0.25) is 15.5 Å². The smallest absolute Gasteiger partial charge is 0.312 e. The lowest BCUT2D eigenvalue weighted by molar-refractivity contribution is -0.385. The summed E-state index contributed by atoms with van der Waals surface area (Å²) < 4.78 is 0. The van der Waals surface area contributed by atoms with Gasteiger partial charge in [0.2, 0.25) is 5.71 Å². The largest absolute Gasteiger partial charge is 0.502 e. The Morgan fingerprint density at radius 2 is 2.12 bits per heavy atom. The minimum atomic E-state index is -0.764. The van der Waals surface area contributed by atoms with Crippen molar-refractivity contribution in [3.63, 3.8) is 0 Å². The predicted molar refractivity (Wildman–Crippen MR) is 57.0 cm³/mol. The summed E-state index contributed by atoms with van der Waals surface area (Å²) in [6, 6.07) is 6.48. The molecule has 84 valence electrons. The molecule has 0 atom stereocenters. The number of nitro groups is 1. The molecule has 17 heavy (non-hydrogen) atoms. The van der Waals surface area contributed by atoms with Gasteiger partial charge >= 0.3 is 5.69 Å². The highest BCUT2D eigenvalue weighted by atomic mass is 16.6. The van der Waals surface area contributed by atoms with Gasteiger partial charge in [-0.15, -0.1) is 0 Å². The second-order valence-electron chi connectivity index (χ2n) is 2.76. The van der Waals surface area contributed by atoms with Crippen molar-refractivity contribution in [1.29, 1.82) is 10.5 Å². The zero-order valence-electron chi connectivity index (χ0n) is 8.28. The second-order valence-corrected chi connectivity index (χ2v) is 2.76. The maximum absolute atomic E-state index is 10.5. The maximum Gasteiger partial charge on any atom is 0.312 e. The number of rotatable bonds is 3. The Bertz CT molecular complexity index is 551. The van der Waals surface area contributed by atoms with Gasteiger partial charge in [-0.05, 0) is 12.1 Å². The number of hydrogen-bond donors (Lipinski definition) is 2. The van der Waals surface area contributed by atoms with Crippen molar-refractivity contribution in [3.05, 3.63) is 28.3 Å². The van der Waals surface area contributed by atoms with Gasteiger partial charge < -0.3 is 5.11 Å². The molecule has 1 rings (SSSR count). The molecule has 1 aromatic rings. The van der Waals surface area contributed by atoms with Crippen LogP contribution in [-0.4, -0.2) is 15.7 Å². The average molecular weight is 231 g/mol. The number of nitrogens with one attached hydrogen (secondary N) is 1. The minimum absolute atomic E-state index is 0.178. The fourth-order valence-electron chi connectivity index (χ4n) is 0.935. The van der Waals surface area contributed by atoms with E-state index in [1.54, 1.807) is 0 Å². The molecule has 0 aliphatic heterocycles. The summed E-state index contributed by atoms with van der Waals surface area (Å²) in [5.41, 5.74) is 1.56. The summed E-state index contributed by atoms with van der Waals surface area (Å²) >= 11 is 0. The molecule has 0 amide bonds. The van der Waals surface area contributed by atoms with Crippen LogP contribution in [0.4, 0.5) is 11.4 Å². The predicted octanol–water partition coefficient (Wildman–Crippen LogP) is 1.12. The fourth-order valence-corrected chi connectivity index (χ4v) is 0.935. The third kappa shape index (κ3) is 2.91. The molecular formula is C9H5N5O3. The van der Waals surface area contributed by atoms with Crippen LogP contribution in [0.3, 0.4) is 0 Å². The van der Waals surface area contributed by atoms with Gasteiger partial charge in [0.25, 0.3) is 0 Å². The van der Waals surface area contributed by atoms with Crippen LogP contribution in [0.1, 0.15) is 0 Å². The van der Waals surface area contributed by atoms with E-state index in [2.05, 4.69) is 10.5 Å². The number of phenols is 1. The molecular weight excluding hydrogens is 226 g/mol. The van der Waals surface area contributed by atoms with E-state index in [0.717, 1.165) is 12.1 Å². The van der Waals surface area contributed by atoms with Crippen molar-refractivity contribution in [2.75, 3.05) is 5.43 Å². The van der Waals surface area contributed by atoms with Crippen LogP contribution < -0.4 is 5.43 Å². The third-order valence-electron chi connectivity index (χ3n) is 1.68. The van der Waals surface area contributed by atoms with E-state index >= 15 is 0 Å². The Balaban J connectivity index is 3.00. The third-order valence-corrected chi connectivity index (χ3v) is 1.68. The van der Waals surface area contributed by atoms with Crippen molar-refractivity contribution in [2.45, 2.75) is 0 Å². The molecule has 0 aliphatic carbocycles. The van der Waals surface area contributed by atoms with Gasteiger partial charge in [-0.25, -0.2) is 0 Å². The number of aromatic hydroxyl groups is 1. The Kier molecular flexibility index (Phi) is 3.58. The normalized spacial score (nSPS) is 8.59. The topological polar surface area (TPSA) is 135 Å². The van der Waals surface area contributed by atoms with E-state index in [0.29, 0.717) is 0 Å². The molecule has 0 aliphatic rings. The lowest BCUT2D eigenvalue weighted by Crippen LogP contribution is -1.97. The summed E-state index contributed by atoms with van der Waals surface area (Å²) in [6.07, 6.45) is 0. The lowest BCUT2D eigenvalue weighted by atomic mass is 10.2. The summed E-state index contributed by atoms with van der Waals surface area (Å²) in [6.45, 7) is 0. The van der Waals surface area contributed by atoms with E-state index in [9.17, 15) is 10.1 Å². The van der Waals surface area contributed by atoms with E-state index < -0.39 is 22.1 Å². The van der Waals surface area contributed by atoms with E-state index in [1.165, 1.54) is 18.2 Å². The van der Waals surface area contributed by atoms with Crippen LogP contribution in [0, 0.1) is 32.8 Å². The van der Waals surface area contributed by atoms with Crippen LogP contribution >= 0.6 is 0 Å². The summed E-state index contributed by atoms with van der Waals surface area (Å²) in [7, 11) is 0. The van der Waals surface area contributed by atoms with Crippen LogP contribution in [0.5, 0.6) is 5.75 Å². The van der Waals surface area contributed by atoms with Gasteiger partial charge in [0.05, 0.1) is 10.6 Å². The number of phenolic OH excluding ortho intramolecular Hbond substituents is 1. The zero-order chi connectivity index (χ0) is 12.8. The number of hydrogen-bond acceptors (Lipinski definition) is 7. The zero-order valence-corrected chi connectivity index (χ0v) is 8.28. The van der Waals surface area contributed by atoms with Crippen LogP contribution in [0.25, 0.3) is 0 Å². The van der Waals surface area contributed by atoms with Crippen molar-refractivity contribution >= 4 is 17.1 Å². The number of nitro benzene ring substituents is 1. The van der Waals surface area contributed by atoms with Crippen molar-refractivity contribution in [3.8, 4) is 17.9 Å². The molecule has 0 saturated carbocycles. The van der Waals surface area contributed by atoms with E-state index in [1.807, 2.05) is 0 Å². The van der Waals surface area contributed by atoms with Gasteiger partial charge in [-0.1, -0.05) is 0 Å². The maximum atomic E-state index is 10.5. The molecule has 0 saturated heterocycles. The Morgan fingerprint density at radius 3 is 2.65 bits per heavy atom. The summed E-state index contributed by atoms with van der Waals surface area (Å²) in [5.74, 6) is -0.481. The quantitative estimate of drug-likeness (QED) is 0.346. The standard InChI is InChI=1S/C9H5N5O3/c10-4-7(5-11)13-12-6-1-2-9(15)8(3-6)14(16)17/h1-3,12,15H. The Morgan fingerprint density at radius 1 is 1.47 bits per heavy atom. The monoisotopic (exact) mass is 231 g/mol. The number of nitriles is 2. The van der Waals surface area contributed by atoms with Gasteiger partial charge in [-0.2, -0.15) is 15.6 Å². The van der Waals surface area contributed by atoms with E-state index in [-0.39, 0.29) is 5.69 Å². The highest BCUT2D eigenvalue weighted by molar-refractivity contribution is 6.10. The summed E-state index contributed by atoms with van der Waals surface area (Å²) in [4.78, 5) is 9.74. The Hall–Kier alpha value is -3.13. The number of hydrazone groups is 1.